The molecule has 0 aliphatic rings. The van der Waals surface area contributed by atoms with Crippen molar-refractivity contribution in [2.75, 3.05) is 19.8 Å². The maximum Gasteiger partial charge on any atom is 0.154 e. The Morgan fingerprint density at radius 2 is 1.67 bits per heavy atom. The second-order valence-electron chi connectivity index (χ2n) is 3.21. The predicted octanol–water partition coefficient (Wildman–Crippen LogP) is 1.55. The molecule has 0 saturated heterocycles. The molecule has 2 N–H and O–H groups in total. The van der Waals surface area contributed by atoms with Gasteiger partial charge in [-0.15, -0.1) is 0 Å². The lowest BCUT2D eigenvalue weighted by molar-refractivity contribution is -0.0985. The van der Waals surface area contributed by atoms with E-state index in [1.165, 1.54) is 0 Å². The minimum Gasteiger partial charge on any atom is -0.391 e. The van der Waals surface area contributed by atoms with Gasteiger partial charge in [0.1, 0.15) is 0 Å². The molecule has 94 valence electrons. The summed E-state index contributed by atoms with van der Waals surface area (Å²) in [5.41, 5.74) is 0. The second-order valence-corrected chi connectivity index (χ2v) is 3.21. The molecule has 0 saturated carbocycles. The zero-order chi connectivity index (χ0) is 12.1. The summed E-state index contributed by atoms with van der Waals surface area (Å²) in [4.78, 5) is 0. The normalized spacial score (nSPS) is 14.0. The van der Waals surface area contributed by atoms with Crippen LogP contribution < -0.4 is 0 Å². The van der Waals surface area contributed by atoms with E-state index in [2.05, 4.69) is 0 Å². The first-order valence-corrected chi connectivity index (χ1v) is 5.63. The van der Waals surface area contributed by atoms with Crippen molar-refractivity contribution >= 4 is 0 Å². The van der Waals surface area contributed by atoms with Crippen LogP contribution in [0.2, 0.25) is 0 Å². The van der Waals surface area contributed by atoms with Gasteiger partial charge in [0.25, 0.3) is 0 Å². The largest absolute Gasteiger partial charge is 0.391 e. The average Bonchev–Trinajstić information content (AvgIpc) is 2.16. The van der Waals surface area contributed by atoms with Crippen molar-refractivity contribution < 1.29 is 19.7 Å². The molecule has 0 aliphatic carbocycles. The molecular weight excluding hydrogens is 196 g/mol. The number of aliphatic hydroxyl groups is 2. The van der Waals surface area contributed by atoms with Gasteiger partial charge < -0.3 is 19.7 Å². The van der Waals surface area contributed by atoms with E-state index in [0.717, 1.165) is 12.8 Å². The van der Waals surface area contributed by atoms with Crippen LogP contribution in [0.3, 0.4) is 0 Å². The molecule has 2 atom stereocenters. The molecule has 0 amide bonds. The first-order chi connectivity index (χ1) is 7.08. The Bertz CT molecular complexity index is 101. The van der Waals surface area contributed by atoms with Crippen LogP contribution in [0.1, 0.15) is 40.5 Å². The van der Waals surface area contributed by atoms with Gasteiger partial charge in [-0.05, 0) is 27.2 Å². The Morgan fingerprint density at radius 3 is 1.93 bits per heavy atom. The fourth-order valence-electron chi connectivity index (χ4n) is 0.811. The Hall–Kier alpha value is -0.160. The summed E-state index contributed by atoms with van der Waals surface area (Å²) in [5.74, 6) is 0. The van der Waals surface area contributed by atoms with E-state index in [1.807, 2.05) is 20.8 Å². The monoisotopic (exact) mass is 222 g/mol. The minimum absolute atomic E-state index is 0.319. The van der Waals surface area contributed by atoms with Crippen molar-refractivity contribution in [3.63, 3.8) is 0 Å². The van der Waals surface area contributed by atoms with Gasteiger partial charge in [-0.3, -0.25) is 0 Å². The molecular formula is C11H26O4. The third-order valence-corrected chi connectivity index (χ3v) is 1.46. The molecule has 15 heavy (non-hydrogen) atoms. The van der Waals surface area contributed by atoms with Gasteiger partial charge in [-0.1, -0.05) is 13.3 Å². The Morgan fingerprint density at radius 1 is 1.07 bits per heavy atom. The SMILES string of the molecule is CCCC(O)OCC.CCOCC(C)O. The van der Waals surface area contributed by atoms with Gasteiger partial charge in [0.15, 0.2) is 6.29 Å². The third-order valence-electron chi connectivity index (χ3n) is 1.46. The van der Waals surface area contributed by atoms with E-state index >= 15 is 0 Å². The van der Waals surface area contributed by atoms with Crippen LogP contribution >= 0.6 is 0 Å². The van der Waals surface area contributed by atoms with Crippen LogP contribution in [-0.2, 0) is 9.47 Å². The third kappa shape index (κ3) is 20.0. The van der Waals surface area contributed by atoms with Gasteiger partial charge in [-0.2, -0.15) is 0 Å². The zero-order valence-corrected chi connectivity index (χ0v) is 10.4. The molecule has 4 nitrogen and oxygen atoms in total. The van der Waals surface area contributed by atoms with Gasteiger partial charge in [0.05, 0.1) is 12.7 Å². The molecule has 0 aromatic carbocycles. The maximum atomic E-state index is 8.83. The zero-order valence-electron chi connectivity index (χ0n) is 10.4. The van der Waals surface area contributed by atoms with Gasteiger partial charge in [-0.25, -0.2) is 0 Å². The van der Waals surface area contributed by atoms with Gasteiger partial charge >= 0.3 is 0 Å². The minimum atomic E-state index is -0.537. The Kier molecular flexibility index (Phi) is 15.9. The summed E-state index contributed by atoms with van der Waals surface area (Å²) >= 11 is 0. The lowest BCUT2D eigenvalue weighted by Crippen LogP contribution is -2.10. The summed E-state index contributed by atoms with van der Waals surface area (Å²) in [6.07, 6.45) is 0.861. The highest BCUT2D eigenvalue weighted by molar-refractivity contribution is 4.38. The molecule has 0 aliphatic heterocycles. The smallest absolute Gasteiger partial charge is 0.154 e. The fraction of sp³-hybridized carbons (Fsp3) is 1.00. The number of ether oxygens (including phenoxy) is 2. The summed E-state index contributed by atoms with van der Waals surface area (Å²) < 4.78 is 9.68. The molecule has 0 radical (unpaired) electrons. The highest BCUT2D eigenvalue weighted by atomic mass is 16.6. The second kappa shape index (κ2) is 13.8. The molecule has 4 heteroatoms. The van der Waals surface area contributed by atoms with E-state index in [4.69, 9.17) is 19.7 Å². The van der Waals surface area contributed by atoms with Crippen molar-refractivity contribution in [2.45, 2.75) is 52.9 Å². The van der Waals surface area contributed by atoms with E-state index in [0.29, 0.717) is 19.8 Å². The molecule has 2 unspecified atom stereocenters. The maximum absolute atomic E-state index is 8.83. The quantitative estimate of drug-likeness (QED) is 0.642. The molecule has 0 aromatic rings. The van der Waals surface area contributed by atoms with Crippen molar-refractivity contribution in [3.8, 4) is 0 Å². The summed E-state index contributed by atoms with van der Waals surface area (Å²) in [5, 5.41) is 17.4. The fourth-order valence-corrected chi connectivity index (χ4v) is 0.811. The number of aliphatic hydroxyl groups excluding tert-OH is 2. The summed E-state index contributed by atoms with van der Waals surface area (Å²) in [7, 11) is 0. The number of hydrogen-bond acceptors (Lipinski definition) is 4. The molecule has 0 heterocycles. The molecule has 0 fully saturated rings. The van der Waals surface area contributed by atoms with Crippen molar-refractivity contribution in [3.05, 3.63) is 0 Å². The van der Waals surface area contributed by atoms with Gasteiger partial charge in [0.2, 0.25) is 0 Å². The highest BCUT2D eigenvalue weighted by Crippen LogP contribution is 1.95. The summed E-state index contributed by atoms with van der Waals surface area (Å²) in [6.45, 7) is 9.24. The lowest BCUT2D eigenvalue weighted by Gasteiger charge is -2.06. The molecule has 0 aromatic heterocycles. The highest BCUT2D eigenvalue weighted by Gasteiger charge is 1.97. The van der Waals surface area contributed by atoms with Crippen LogP contribution in [0, 0.1) is 0 Å². The molecule has 0 rings (SSSR count). The van der Waals surface area contributed by atoms with Crippen LogP contribution in [0.15, 0.2) is 0 Å². The van der Waals surface area contributed by atoms with Crippen LogP contribution in [0.5, 0.6) is 0 Å². The van der Waals surface area contributed by atoms with E-state index < -0.39 is 6.29 Å². The Labute approximate surface area is 93.2 Å². The van der Waals surface area contributed by atoms with Crippen LogP contribution in [0.4, 0.5) is 0 Å². The van der Waals surface area contributed by atoms with E-state index in [-0.39, 0.29) is 6.10 Å². The molecule has 0 spiro atoms. The Balaban J connectivity index is 0. The average molecular weight is 222 g/mol. The lowest BCUT2D eigenvalue weighted by atomic mass is 10.3. The summed E-state index contributed by atoms with van der Waals surface area (Å²) in [6, 6.07) is 0. The number of hydrogen-bond donors (Lipinski definition) is 2. The topological polar surface area (TPSA) is 58.9 Å². The predicted molar refractivity (Wildman–Crippen MR) is 60.7 cm³/mol. The van der Waals surface area contributed by atoms with E-state index in [1.54, 1.807) is 6.92 Å². The van der Waals surface area contributed by atoms with Crippen LogP contribution in [-0.4, -0.2) is 42.4 Å². The number of rotatable bonds is 7. The van der Waals surface area contributed by atoms with Crippen molar-refractivity contribution in [1.82, 2.24) is 0 Å². The van der Waals surface area contributed by atoms with Crippen molar-refractivity contribution in [2.24, 2.45) is 0 Å². The van der Waals surface area contributed by atoms with E-state index in [9.17, 15) is 0 Å². The standard InChI is InChI=1S/C6H14O2.C5H12O2/c1-3-5-6(7)8-4-2;1-3-7-4-5(2)6/h6-7H,3-5H2,1-2H3;5-6H,3-4H2,1-2H3. The van der Waals surface area contributed by atoms with Gasteiger partial charge in [0, 0.05) is 13.2 Å². The molecule has 0 bridgehead atoms. The first-order valence-electron chi connectivity index (χ1n) is 5.63. The first kappa shape index (κ1) is 17.2. The van der Waals surface area contributed by atoms with Crippen LogP contribution in [0.25, 0.3) is 0 Å². The van der Waals surface area contributed by atoms with Crippen molar-refractivity contribution in [1.29, 1.82) is 0 Å².